The fourth-order valence-corrected chi connectivity index (χ4v) is 4.31. The molecule has 4 aromatic rings. The number of nitrogens with zero attached hydrogens (tertiary/aromatic N) is 2. The van der Waals surface area contributed by atoms with Gasteiger partial charge < -0.3 is 5.32 Å². The molecule has 1 amide bonds. The average molecular weight is 440 g/mol. The predicted molar refractivity (Wildman–Crippen MR) is 121 cm³/mol. The average Bonchev–Trinajstić information content (AvgIpc) is 3.19. The molecular formula is C22H18ClN3O3S. The second kappa shape index (κ2) is 7.93. The Kier molecular flexibility index (Phi) is 5.32. The molecule has 0 fully saturated rings. The largest absolute Gasteiger partial charge is 0.336 e. The molecule has 2 aromatic heterocycles. The molecule has 0 unspecified atom stereocenters. The number of aromatic nitrogens is 2. The zero-order valence-electron chi connectivity index (χ0n) is 16.3. The van der Waals surface area contributed by atoms with Gasteiger partial charge in [-0.15, -0.1) is 11.3 Å². The number of thiophene rings is 1. The lowest BCUT2D eigenvalue weighted by molar-refractivity contribution is -0.116. The van der Waals surface area contributed by atoms with E-state index < -0.39 is 11.2 Å². The van der Waals surface area contributed by atoms with E-state index in [9.17, 15) is 14.4 Å². The topological polar surface area (TPSA) is 73.1 Å². The molecular weight excluding hydrogens is 422 g/mol. The van der Waals surface area contributed by atoms with Crippen LogP contribution in [0.3, 0.4) is 0 Å². The zero-order chi connectivity index (χ0) is 21.4. The van der Waals surface area contributed by atoms with Crippen molar-refractivity contribution in [2.75, 3.05) is 5.32 Å². The Morgan fingerprint density at radius 3 is 2.63 bits per heavy atom. The number of amides is 1. The SMILES string of the molecule is Cc1cccc(NC(=O)Cn2c(=O)n(-c3cccc(Cl)c3)c(=O)c3sccc32)c1C. The standard InChI is InChI=1S/C22H18ClN3O3S/c1-13-5-3-8-17(14(13)2)24-19(27)12-25-18-9-10-30-20(18)21(28)26(22(25)29)16-7-4-6-15(23)11-16/h3-11H,12H2,1-2H3,(H,24,27). The minimum absolute atomic E-state index is 0.222. The highest BCUT2D eigenvalue weighted by Gasteiger charge is 2.18. The smallest absolute Gasteiger partial charge is 0.324 e. The third-order valence-electron chi connectivity index (χ3n) is 5.00. The van der Waals surface area contributed by atoms with E-state index in [1.807, 2.05) is 32.0 Å². The van der Waals surface area contributed by atoms with E-state index in [-0.39, 0.29) is 12.5 Å². The third-order valence-corrected chi connectivity index (χ3v) is 6.13. The van der Waals surface area contributed by atoms with Gasteiger partial charge in [-0.2, -0.15) is 0 Å². The van der Waals surface area contributed by atoms with Gasteiger partial charge in [0.1, 0.15) is 11.2 Å². The van der Waals surface area contributed by atoms with Crippen molar-refractivity contribution < 1.29 is 4.79 Å². The Labute approximate surface area is 181 Å². The van der Waals surface area contributed by atoms with Gasteiger partial charge in [0.05, 0.1) is 11.2 Å². The molecule has 152 valence electrons. The van der Waals surface area contributed by atoms with E-state index in [2.05, 4.69) is 5.32 Å². The molecule has 0 bridgehead atoms. The summed E-state index contributed by atoms with van der Waals surface area (Å²) in [6.07, 6.45) is 0. The van der Waals surface area contributed by atoms with Gasteiger partial charge in [-0.05, 0) is 60.7 Å². The van der Waals surface area contributed by atoms with Gasteiger partial charge in [0, 0.05) is 10.7 Å². The molecule has 0 saturated carbocycles. The first-order valence-electron chi connectivity index (χ1n) is 9.22. The van der Waals surface area contributed by atoms with Crippen molar-refractivity contribution in [3.63, 3.8) is 0 Å². The van der Waals surface area contributed by atoms with Crippen LogP contribution in [-0.2, 0) is 11.3 Å². The maximum Gasteiger partial charge on any atom is 0.336 e. The zero-order valence-corrected chi connectivity index (χ0v) is 17.9. The van der Waals surface area contributed by atoms with Crippen LogP contribution >= 0.6 is 22.9 Å². The lowest BCUT2D eigenvalue weighted by Crippen LogP contribution is -2.40. The number of nitrogens with one attached hydrogen (secondary N) is 1. The van der Waals surface area contributed by atoms with E-state index >= 15 is 0 Å². The monoisotopic (exact) mass is 439 g/mol. The Balaban J connectivity index is 1.80. The quantitative estimate of drug-likeness (QED) is 0.519. The minimum Gasteiger partial charge on any atom is -0.324 e. The second-order valence-electron chi connectivity index (χ2n) is 6.92. The first kappa shape index (κ1) is 20.1. The predicted octanol–water partition coefficient (Wildman–Crippen LogP) is 4.12. The van der Waals surface area contributed by atoms with Gasteiger partial charge in [-0.25, -0.2) is 9.36 Å². The summed E-state index contributed by atoms with van der Waals surface area (Å²) >= 11 is 7.28. The maximum atomic E-state index is 13.2. The van der Waals surface area contributed by atoms with Gasteiger partial charge in [0.15, 0.2) is 0 Å². The van der Waals surface area contributed by atoms with Crippen molar-refractivity contribution in [2.45, 2.75) is 20.4 Å². The normalized spacial score (nSPS) is 11.0. The van der Waals surface area contributed by atoms with Gasteiger partial charge in [-0.3, -0.25) is 14.2 Å². The van der Waals surface area contributed by atoms with E-state index in [1.165, 1.54) is 15.9 Å². The molecule has 0 saturated heterocycles. The van der Waals surface area contributed by atoms with Crippen molar-refractivity contribution in [1.82, 2.24) is 9.13 Å². The lowest BCUT2D eigenvalue weighted by atomic mass is 10.1. The number of carbonyl (C=O) groups is 1. The van der Waals surface area contributed by atoms with Crippen molar-refractivity contribution in [2.24, 2.45) is 0 Å². The molecule has 0 atom stereocenters. The number of benzene rings is 2. The Morgan fingerprint density at radius 2 is 1.87 bits per heavy atom. The van der Waals surface area contributed by atoms with Crippen LogP contribution in [0.4, 0.5) is 5.69 Å². The number of fused-ring (bicyclic) bond motifs is 1. The summed E-state index contributed by atoms with van der Waals surface area (Å²) in [4.78, 5) is 39.0. The summed E-state index contributed by atoms with van der Waals surface area (Å²) in [7, 11) is 0. The Morgan fingerprint density at radius 1 is 1.10 bits per heavy atom. The summed E-state index contributed by atoms with van der Waals surface area (Å²) in [6, 6.07) is 13.8. The van der Waals surface area contributed by atoms with Crippen molar-refractivity contribution in [3.8, 4) is 5.69 Å². The molecule has 4 rings (SSSR count). The number of anilines is 1. The lowest BCUT2D eigenvalue weighted by Gasteiger charge is -2.14. The highest BCUT2D eigenvalue weighted by molar-refractivity contribution is 7.17. The van der Waals surface area contributed by atoms with E-state index in [1.54, 1.807) is 35.7 Å². The minimum atomic E-state index is -0.593. The molecule has 0 aliphatic carbocycles. The molecule has 1 N–H and O–H groups in total. The molecule has 2 heterocycles. The number of aryl methyl sites for hydroxylation is 1. The van der Waals surface area contributed by atoms with Crippen LogP contribution in [0.1, 0.15) is 11.1 Å². The highest BCUT2D eigenvalue weighted by atomic mass is 35.5. The van der Waals surface area contributed by atoms with Crippen molar-refractivity contribution >= 4 is 44.7 Å². The summed E-state index contributed by atoms with van der Waals surface area (Å²) in [5.74, 6) is -0.352. The van der Waals surface area contributed by atoms with Gasteiger partial charge in [-0.1, -0.05) is 29.8 Å². The van der Waals surface area contributed by atoms with Crippen LogP contribution in [0.2, 0.25) is 5.02 Å². The first-order chi connectivity index (χ1) is 14.4. The molecule has 0 spiro atoms. The van der Waals surface area contributed by atoms with E-state index in [0.717, 1.165) is 15.7 Å². The summed E-state index contributed by atoms with van der Waals surface area (Å²) in [6.45, 7) is 3.67. The summed E-state index contributed by atoms with van der Waals surface area (Å²) in [5, 5.41) is 5.00. The summed E-state index contributed by atoms with van der Waals surface area (Å²) < 4.78 is 2.76. The number of rotatable bonds is 4. The summed E-state index contributed by atoms with van der Waals surface area (Å²) in [5.41, 5.74) is 2.48. The molecule has 0 aliphatic heterocycles. The van der Waals surface area contributed by atoms with E-state index in [0.29, 0.717) is 26.6 Å². The molecule has 6 nitrogen and oxygen atoms in total. The van der Waals surface area contributed by atoms with Gasteiger partial charge in [0.2, 0.25) is 5.91 Å². The van der Waals surface area contributed by atoms with Crippen LogP contribution in [0.5, 0.6) is 0 Å². The number of hydrogen-bond donors (Lipinski definition) is 1. The fraction of sp³-hybridized carbons (Fsp3) is 0.136. The van der Waals surface area contributed by atoms with Crippen LogP contribution in [0.25, 0.3) is 15.9 Å². The molecule has 30 heavy (non-hydrogen) atoms. The number of hydrogen-bond acceptors (Lipinski definition) is 4. The van der Waals surface area contributed by atoms with Crippen LogP contribution in [0, 0.1) is 13.8 Å². The van der Waals surface area contributed by atoms with Crippen LogP contribution in [-0.4, -0.2) is 15.0 Å². The third kappa shape index (κ3) is 3.58. The van der Waals surface area contributed by atoms with Gasteiger partial charge in [0.25, 0.3) is 5.56 Å². The maximum absolute atomic E-state index is 13.2. The van der Waals surface area contributed by atoms with Crippen molar-refractivity contribution in [3.05, 3.63) is 90.9 Å². The Hall–Kier alpha value is -3.16. The van der Waals surface area contributed by atoms with Crippen LogP contribution < -0.4 is 16.6 Å². The van der Waals surface area contributed by atoms with Crippen molar-refractivity contribution in [1.29, 1.82) is 0 Å². The molecule has 2 aromatic carbocycles. The van der Waals surface area contributed by atoms with Gasteiger partial charge >= 0.3 is 5.69 Å². The van der Waals surface area contributed by atoms with E-state index in [4.69, 9.17) is 11.6 Å². The number of halogens is 1. The van der Waals surface area contributed by atoms with Crippen LogP contribution in [0.15, 0.2) is 63.5 Å². The molecule has 0 radical (unpaired) electrons. The molecule has 8 heteroatoms. The fourth-order valence-electron chi connectivity index (χ4n) is 3.30. The second-order valence-corrected chi connectivity index (χ2v) is 8.27. The first-order valence-corrected chi connectivity index (χ1v) is 10.5. The number of carbonyl (C=O) groups excluding carboxylic acids is 1. The Bertz CT molecular complexity index is 1400. The highest BCUT2D eigenvalue weighted by Crippen LogP contribution is 2.20. The molecule has 0 aliphatic rings.